The van der Waals surface area contributed by atoms with E-state index in [-0.39, 0.29) is 24.9 Å². The van der Waals surface area contributed by atoms with Crippen molar-refractivity contribution in [2.24, 2.45) is 0 Å². The molecule has 4 unspecified atom stereocenters. The normalized spacial score (nSPS) is 21.0. The lowest BCUT2D eigenvalue weighted by Gasteiger charge is -2.31. The van der Waals surface area contributed by atoms with Gasteiger partial charge < -0.3 is 23.4 Å². The number of aryl methyl sites for hydroxylation is 1. The average molecular weight is 509 g/mol. The van der Waals surface area contributed by atoms with E-state index in [1.165, 1.54) is 6.20 Å². The van der Waals surface area contributed by atoms with Gasteiger partial charge in [-0.3, -0.25) is 19.7 Å². The van der Waals surface area contributed by atoms with Gasteiger partial charge in [-0.2, -0.15) is 0 Å². The number of imidazole rings is 1. The smallest absolute Gasteiger partial charge is 0.313 e. The van der Waals surface area contributed by atoms with Gasteiger partial charge in [-0.05, 0) is 19.8 Å². The number of aromatic nitrogens is 3. The Labute approximate surface area is 206 Å². The molecule has 0 bridgehead atoms. The Morgan fingerprint density at radius 1 is 1.37 bits per heavy atom. The van der Waals surface area contributed by atoms with Crippen molar-refractivity contribution in [3.05, 3.63) is 39.7 Å². The highest BCUT2D eigenvalue weighted by Gasteiger charge is 2.41. The van der Waals surface area contributed by atoms with Crippen molar-refractivity contribution in [1.29, 1.82) is 0 Å². The maximum absolute atomic E-state index is 11.7. The predicted molar refractivity (Wildman–Crippen MR) is 131 cm³/mol. The number of rotatable bonds is 14. The molecule has 13 heteroatoms. The van der Waals surface area contributed by atoms with Gasteiger partial charge in [0, 0.05) is 26.6 Å². The zero-order valence-corrected chi connectivity index (χ0v) is 21.5. The molecule has 12 nitrogen and oxygen atoms in total. The van der Waals surface area contributed by atoms with Crippen LogP contribution in [0.15, 0.2) is 12.5 Å². The minimum absolute atomic E-state index is 0.124. The van der Waals surface area contributed by atoms with Gasteiger partial charge in [-0.25, -0.2) is 16.2 Å². The van der Waals surface area contributed by atoms with Gasteiger partial charge in [0.1, 0.15) is 30.7 Å². The summed E-state index contributed by atoms with van der Waals surface area (Å²) in [4.78, 5) is 23.1. The molecule has 1 aliphatic heterocycles. The average Bonchev–Trinajstić information content (AvgIpc) is 3.44. The second-order valence-corrected chi connectivity index (χ2v) is 9.72. The van der Waals surface area contributed by atoms with Crippen LogP contribution >= 0.6 is 8.53 Å². The summed E-state index contributed by atoms with van der Waals surface area (Å²) in [5, 5.41) is 11.7. The topological polar surface area (TPSA) is 118 Å². The third-order valence-electron chi connectivity index (χ3n) is 5.60. The van der Waals surface area contributed by atoms with Gasteiger partial charge in [0.05, 0.1) is 29.7 Å². The molecule has 3 heterocycles. The molecule has 2 aromatic heterocycles. The molecular weight excluding hydrogens is 475 g/mol. The number of hydrogen-bond donors (Lipinski definition) is 0. The number of hydrogen-bond acceptors (Lipinski definition) is 9. The first-order valence-corrected chi connectivity index (χ1v) is 12.9. The van der Waals surface area contributed by atoms with Crippen molar-refractivity contribution in [2.75, 3.05) is 40.0 Å². The first-order valence-electron chi connectivity index (χ1n) is 11.7. The molecule has 192 valence electrons. The van der Waals surface area contributed by atoms with Crippen molar-refractivity contribution in [3.8, 4) is 0 Å². The van der Waals surface area contributed by atoms with E-state index in [2.05, 4.69) is 33.3 Å². The van der Waals surface area contributed by atoms with Gasteiger partial charge in [-0.15, -0.1) is 0 Å². The standard InChI is InChI=1S/C22H33N6O6P/c1-6-9-26(10-7-2)35(32-11-8-23-4)34-18-12-20(33-19(18)14-31-5)27-15-25-21-16(3)24-13-17(22(21)27)28(29)30/h13,15,18-20H,6-12,14H2,1-3,5H3. The summed E-state index contributed by atoms with van der Waals surface area (Å²) in [7, 11) is 0.176. The Hall–Kier alpha value is -2.26. The van der Waals surface area contributed by atoms with E-state index in [4.69, 9.17) is 25.1 Å². The lowest BCUT2D eigenvalue weighted by atomic mass is 10.2. The second-order valence-electron chi connectivity index (χ2n) is 8.21. The molecule has 4 atom stereocenters. The van der Waals surface area contributed by atoms with Crippen LogP contribution < -0.4 is 0 Å². The highest BCUT2D eigenvalue weighted by molar-refractivity contribution is 7.44. The zero-order chi connectivity index (χ0) is 25.4. The van der Waals surface area contributed by atoms with Crippen molar-refractivity contribution in [3.63, 3.8) is 0 Å². The molecule has 0 saturated carbocycles. The number of methoxy groups -OCH3 is 1. The molecule has 0 spiro atoms. The summed E-state index contributed by atoms with van der Waals surface area (Å²) in [5.41, 5.74) is 1.33. The van der Waals surface area contributed by atoms with E-state index in [1.54, 1.807) is 24.9 Å². The quantitative estimate of drug-likeness (QED) is 0.121. The van der Waals surface area contributed by atoms with Crippen LogP contribution in [0, 0.1) is 23.6 Å². The van der Waals surface area contributed by atoms with Crippen LogP contribution in [0.25, 0.3) is 15.9 Å². The molecule has 0 aromatic carbocycles. The first-order chi connectivity index (χ1) is 16.9. The predicted octanol–water partition coefficient (Wildman–Crippen LogP) is 4.25. The Bertz CT molecular complexity index is 1020. The van der Waals surface area contributed by atoms with E-state index >= 15 is 0 Å². The lowest BCUT2D eigenvalue weighted by molar-refractivity contribution is -0.383. The Morgan fingerprint density at radius 2 is 2.11 bits per heavy atom. The zero-order valence-electron chi connectivity index (χ0n) is 20.6. The Kier molecular flexibility index (Phi) is 10.3. The largest absolute Gasteiger partial charge is 0.382 e. The SMILES string of the molecule is [C-]#[N+]CCOP(OC1CC(n2cnc3c(C)ncc([N+](=O)[O-])c32)OC1COC)N(CCC)CCC. The fraction of sp³-hybridized carbons (Fsp3) is 0.682. The van der Waals surface area contributed by atoms with Gasteiger partial charge in [0.25, 0.3) is 8.53 Å². The summed E-state index contributed by atoms with van der Waals surface area (Å²) in [6.07, 6.45) is 3.84. The highest BCUT2D eigenvalue weighted by Crippen LogP contribution is 2.48. The molecule has 0 aliphatic carbocycles. The summed E-state index contributed by atoms with van der Waals surface area (Å²) < 4.78 is 28.1. The molecule has 35 heavy (non-hydrogen) atoms. The lowest BCUT2D eigenvalue weighted by Crippen LogP contribution is -2.31. The molecule has 2 aromatic rings. The van der Waals surface area contributed by atoms with E-state index < -0.39 is 25.8 Å². The summed E-state index contributed by atoms with van der Waals surface area (Å²) in [6, 6.07) is 0. The minimum atomic E-state index is -1.42. The third-order valence-corrected chi connectivity index (χ3v) is 7.32. The van der Waals surface area contributed by atoms with Gasteiger partial charge in [0.2, 0.25) is 6.54 Å². The summed E-state index contributed by atoms with van der Waals surface area (Å²) >= 11 is 0. The van der Waals surface area contributed by atoms with Crippen molar-refractivity contribution >= 4 is 25.2 Å². The van der Waals surface area contributed by atoms with Crippen LogP contribution in [0.4, 0.5) is 5.69 Å². The highest BCUT2D eigenvalue weighted by atomic mass is 31.2. The second kappa shape index (κ2) is 13.2. The van der Waals surface area contributed by atoms with Crippen LogP contribution in [0.1, 0.15) is 45.0 Å². The van der Waals surface area contributed by atoms with E-state index in [0.717, 1.165) is 25.9 Å². The van der Waals surface area contributed by atoms with Crippen LogP contribution in [-0.2, 0) is 18.5 Å². The van der Waals surface area contributed by atoms with Crippen LogP contribution in [0.5, 0.6) is 0 Å². The monoisotopic (exact) mass is 508 g/mol. The molecule has 0 N–H and O–H groups in total. The van der Waals surface area contributed by atoms with Gasteiger partial charge >= 0.3 is 5.69 Å². The number of pyridine rings is 1. The molecule has 0 amide bonds. The van der Waals surface area contributed by atoms with E-state index in [9.17, 15) is 10.1 Å². The number of ether oxygens (including phenoxy) is 2. The van der Waals surface area contributed by atoms with Crippen molar-refractivity contribution < 1.29 is 23.4 Å². The molecular formula is C22H33N6O6P. The van der Waals surface area contributed by atoms with E-state index in [1.807, 2.05) is 0 Å². The molecule has 1 aliphatic rings. The fourth-order valence-corrected chi connectivity index (χ4v) is 5.83. The van der Waals surface area contributed by atoms with Crippen LogP contribution in [0.3, 0.4) is 0 Å². The van der Waals surface area contributed by atoms with E-state index in [0.29, 0.717) is 29.8 Å². The van der Waals surface area contributed by atoms with Gasteiger partial charge in [0.15, 0.2) is 5.52 Å². The van der Waals surface area contributed by atoms with Crippen molar-refractivity contribution in [2.45, 2.75) is 58.5 Å². The molecule has 1 saturated heterocycles. The van der Waals surface area contributed by atoms with Crippen LogP contribution in [-0.4, -0.2) is 76.3 Å². The molecule has 3 rings (SSSR count). The molecule has 0 radical (unpaired) electrons. The van der Waals surface area contributed by atoms with Crippen LogP contribution in [0.2, 0.25) is 0 Å². The third kappa shape index (κ3) is 6.50. The number of nitrogens with zero attached hydrogens (tertiary/aromatic N) is 6. The maximum Gasteiger partial charge on any atom is 0.313 e. The number of fused-ring (bicyclic) bond motifs is 1. The fourth-order valence-electron chi connectivity index (χ4n) is 4.06. The first kappa shape index (κ1) is 27.3. The maximum atomic E-state index is 11.7. The van der Waals surface area contributed by atoms with Gasteiger partial charge in [-0.1, -0.05) is 13.8 Å². The Balaban J connectivity index is 1.88. The summed E-state index contributed by atoms with van der Waals surface area (Å²) in [5.74, 6) is 0. The Morgan fingerprint density at radius 3 is 2.74 bits per heavy atom. The molecule has 1 fully saturated rings. The number of nitro groups is 1. The minimum Gasteiger partial charge on any atom is -0.382 e. The summed E-state index contributed by atoms with van der Waals surface area (Å²) in [6.45, 7) is 15.5. The van der Waals surface area contributed by atoms with Crippen molar-refractivity contribution in [1.82, 2.24) is 19.2 Å².